The number of aliphatic imine (C=N–C) groups is 2. The number of fused-ring (bicyclic) bond motifs is 6. The van der Waals surface area contributed by atoms with Crippen LogP contribution in [0.3, 0.4) is 0 Å². The molecular formula is C53H34BrN5. The number of aromatic nitrogens is 1. The minimum absolute atomic E-state index is 0.297. The molecule has 0 bridgehead atoms. The van der Waals surface area contributed by atoms with Crippen molar-refractivity contribution in [3.8, 4) is 22.3 Å². The summed E-state index contributed by atoms with van der Waals surface area (Å²) in [5.74, 6) is 1.44. The van der Waals surface area contributed by atoms with Crippen LogP contribution in [0.5, 0.6) is 0 Å². The zero-order chi connectivity index (χ0) is 39.0. The van der Waals surface area contributed by atoms with Crippen molar-refractivity contribution in [3.05, 3.63) is 210 Å². The maximum atomic E-state index is 5.27. The van der Waals surface area contributed by atoms with Gasteiger partial charge in [0.1, 0.15) is 12.0 Å². The molecule has 1 aromatic heterocycles. The lowest BCUT2D eigenvalue weighted by Gasteiger charge is -2.34. The largest absolute Gasteiger partial charge is 0.344 e. The quantitative estimate of drug-likeness (QED) is 0.192. The van der Waals surface area contributed by atoms with Gasteiger partial charge in [-0.15, -0.1) is 0 Å². The fourth-order valence-electron chi connectivity index (χ4n) is 9.16. The first-order chi connectivity index (χ1) is 29.2. The number of halogens is 1. The molecule has 12 rings (SSSR count). The molecule has 0 saturated heterocycles. The summed E-state index contributed by atoms with van der Waals surface area (Å²) in [7, 11) is 0. The summed E-state index contributed by atoms with van der Waals surface area (Å²) >= 11 is 3.91. The van der Waals surface area contributed by atoms with Crippen molar-refractivity contribution in [1.29, 1.82) is 0 Å². The van der Waals surface area contributed by atoms with Crippen LogP contribution in [-0.2, 0) is 0 Å². The van der Waals surface area contributed by atoms with Gasteiger partial charge in [-0.2, -0.15) is 4.99 Å². The molecule has 6 heteroatoms. The Morgan fingerprint density at radius 1 is 0.475 bits per heavy atom. The maximum absolute atomic E-state index is 5.27. The fraction of sp³-hybridized carbons (Fsp3) is 0.0189. The topological polar surface area (TPSA) is 44.9 Å². The van der Waals surface area contributed by atoms with Gasteiger partial charge in [0, 0.05) is 37.1 Å². The number of hydrogen-bond acceptors (Lipinski definition) is 4. The summed E-state index contributed by atoms with van der Waals surface area (Å²) in [5.41, 5.74) is 12.5. The Balaban J connectivity index is 1.04. The van der Waals surface area contributed by atoms with E-state index >= 15 is 0 Å². The molecule has 0 amide bonds. The van der Waals surface area contributed by atoms with Crippen LogP contribution in [0.25, 0.3) is 65.6 Å². The zero-order valence-electron chi connectivity index (χ0n) is 31.7. The molecule has 2 aliphatic heterocycles. The Kier molecular flexibility index (Phi) is 7.68. The minimum Gasteiger partial charge on any atom is -0.344 e. The average Bonchev–Trinajstić information content (AvgIpc) is 3.63. The van der Waals surface area contributed by atoms with E-state index in [0.29, 0.717) is 5.96 Å². The second-order valence-corrected chi connectivity index (χ2v) is 16.0. The lowest BCUT2D eigenvalue weighted by atomic mass is 9.88. The van der Waals surface area contributed by atoms with Crippen LogP contribution in [0, 0.1) is 0 Å². The smallest absolute Gasteiger partial charge is 0.234 e. The van der Waals surface area contributed by atoms with Crippen LogP contribution < -0.4 is 10.2 Å². The van der Waals surface area contributed by atoms with Gasteiger partial charge in [-0.3, -0.25) is 4.57 Å². The third-order valence-electron chi connectivity index (χ3n) is 11.8. The van der Waals surface area contributed by atoms with Crippen molar-refractivity contribution in [2.45, 2.75) is 6.17 Å². The van der Waals surface area contributed by atoms with E-state index in [1.54, 1.807) is 0 Å². The first-order valence-corrected chi connectivity index (χ1v) is 20.7. The second kappa shape index (κ2) is 13.4. The molecule has 10 aromatic rings. The number of amidine groups is 1. The highest BCUT2D eigenvalue weighted by molar-refractivity contribution is 9.10. The van der Waals surface area contributed by atoms with Gasteiger partial charge < -0.3 is 10.2 Å². The predicted octanol–water partition coefficient (Wildman–Crippen LogP) is 13.9. The van der Waals surface area contributed by atoms with Crippen LogP contribution in [0.2, 0.25) is 0 Å². The first kappa shape index (κ1) is 33.8. The summed E-state index contributed by atoms with van der Waals surface area (Å²) in [6, 6.07) is 69.4. The molecule has 9 aromatic carbocycles. The summed E-state index contributed by atoms with van der Waals surface area (Å²) in [6.45, 7) is 0. The average molecular weight is 821 g/mol. The van der Waals surface area contributed by atoms with Crippen LogP contribution in [0.1, 0.15) is 17.3 Å². The summed E-state index contributed by atoms with van der Waals surface area (Å²) in [5, 5.41) is 10.8. The van der Waals surface area contributed by atoms with E-state index in [9.17, 15) is 0 Å². The molecule has 3 heterocycles. The Morgan fingerprint density at radius 3 is 1.93 bits per heavy atom. The minimum atomic E-state index is -0.297. The predicted molar refractivity (Wildman–Crippen MR) is 249 cm³/mol. The molecule has 0 spiro atoms. The summed E-state index contributed by atoms with van der Waals surface area (Å²) in [4.78, 5) is 12.9. The van der Waals surface area contributed by atoms with E-state index < -0.39 is 0 Å². The van der Waals surface area contributed by atoms with Crippen LogP contribution >= 0.6 is 15.9 Å². The van der Waals surface area contributed by atoms with Crippen LogP contribution in [-0.4, -0.2) is 16.4 Å². The highest BCUT2D eigenvalue weighted by atomic mass is 79.9. The number of nitrogens with one attached hydrogen (secondary N) is 1. The van der Waals surface area contributed by atoms with Crippen LogP contribution in [0.15, 0.2) is 209 Å². The van der Waals surface area contributed by atoms with E-state index in [-0.39, 0.29) is 6.17 Å². The molecule has 0 radical (unpaired) electrons. The first-order valence-electron chi connectivity index (χ1n) is 19.9. The highest BCUT2D eigenvalue weighted by Gasteiger charge is 2.28. The number of rotatable bonds is 4. The number of nitrogens with zero attached hydrogens (tertiary/aromatic N) is 4. The van der Waals surface area contributed by atoms with Gasteiger partial charge in [0.25, 0.3) is 0 Å². The molecule has 0 saturated carbocycles. The van der Waals surface area contributed by atoms with Gasteiger partial charge in [0.15, 0.2) is 0 Å². The number of anilines is 3. The van der Waals surface area contributed by atoms with E-state index in [1.165, 1.54) is 38.4 Å². The summed E-state index contributed by atoms with van der Waals surface area (Å²) in [6.07, 6.45) is -0.297. The Morgan fingerprint density at radius 2 is 1.12 bits per heavy atom. The highest BCUT2D eigenvalue weighted by Crippen LogP contribution is 2.53. The fourth-order valence-corrected chi connectivity index (χ4v) is 9.75. The molecular weight excluding hydrogens is 787 g/mol. The normalized spacial score (nSPS) is 14.7. The van der Waals surface area contributed by atoms with Crippen molar-refractivity contribution in [2.24, 2.45) is 9.98 Å². The van der Waals surface area contributed by atoms with Crippen molar-refractivity contribution >= 4 is 88.1 Å². The Labute approximate surface area is 349 Å². The molecule has 0 fully saturated rings. The van der Waals surface area contributed by atoms with Gasteiger partial charge in [0.05, 0.1) is 28.1 Å². The maximum Gasteiger partial charge on any atom is 0.234 e. The molecule has 0 aliphatic carbocycles. The number of hydrogen-bond donors (Lipinski definition) is 1. The van der Waals surface area contributed by atoms with Crippen molar-refractivity contribution in [3.63, 3.8) is 0 Å². The Bertz CT molecular complexity index is 3370. The standard InChI is InChI=1S/C53H34BrN5/c54-43-23-10-18-34-20-12-26-48(50(34)43)58-45-29-27-38(32-42(45)40-22-9-17-33-19-11-25-47(58)49(33)40)37-28-30-46-41(31-37)39-21-7-8-24-44(39)59(46)53-56-51(35-13-3-1-4-14-35)55-52(57-53)36-15-5-2-6-16-36/h1-32,51H,(H,55,56,57). The van der Waals surface area contributed by atoms with Gasteiger partial charge >= 0.3 is 0 Å². The molecule has 59 heavy (non-hydrogen) atoms. The van der Waals surface area contributed by atoms with Crippen molar-refractivity contribution < 1.29 is 0 Å². The van der Waals surface area contributed by atoms with E-state index in [2.05, 4.69) is 201 Å². The van der Waals surface area contributed by atoms with E-state index in [0.717, 1.165) is 65.7 Å². The molecule has 278 valence electrons. The zero-order valence-corrected chi connectivity index (χ0v) is 33.3. The molecule has 1 unspecified atom stereocenters. The van der Waals surface area contributed by atoms with E-state index in [4.69, 9.17) is 9.98 Å². The number of benzene rings is 9. The molecule has 1 atom stereocenters. The van der Waals surface area contributed by atoms with Crippen LogP contribution in [0.4, 0.5) is 17.1 Å². The van der Waals surface area contributed by atoms with Gasteiger partial charge in [0.2, 0.25) is 5.96 Å². The van der Waals surface area contributed by atoms with Gasteiger partial charge in [-0.1, -0.05) is 162 Å². The lowest BCUT2D eigenvalue weighted by molar-refractivity contribution is 0.668. The van der Waals surface area contributed by atoms with Gasteiger partial charge in [-0.05, 0) is 81.6 Å². The molecule has 5 nitrogen and oxygen atoms in total. The third kappa shape index (κ3) is 5.37. The second-order valence-electron chi connectivity index (χ2n) is 15.2. The monoisotopic (exact) mass is 819 g/mol. The molecule has 1 N–H and O–H groups in total. The van der Waals surface area contributed by atoms with E-state index in [1.807, 2.05) is 24.3 Å². The van der Waals surface area contributed by atoms with Crippen molar-refractivity contribution in [2.75, 3.05) is 4.90 Å². The SMILES string of the molecule is Brc1cccc2cccc(N3c4ccc(-c5ccc6c(c5)c5ccccc5n6C5=NC(c6ccccc6)NC(c6ccccc6)=N5)cc4-c4cccc5cccc3c45)c12. The summed E-state index contributed by atoms with van der Waals surface area (Å²) < 4.78 is 3.30. The van der Waals surface area contributed by atoms with Crippen molar-refractivity contribution in [1.82, 2.24) is 9.88 Å². The third-order valence-corrected chi connectivity index (χ3v) is 12.5. The number of para-hydroxylation sites is 1. The molecule has 2 aliphatic rings. The van der Waals surface area contributed by atoms with Gasteiger partial charge in [-0.25, -0.2) is 4.99 Å². The Hall–Kier alpha value is -7.28. The lowest BCUT2D eigenvalue weighted by Crippen LogP contribution is -2.35.